The summed E-state index contributed by atoms with van der Waals surface area (Å²) in [6.45, 7) is 3.17. The first-order chi connectivity index (χ1) is 19.6. The van der Waals surface area contributed by atoms with Crippen LogP contribution in [0.1, 0.15) is 48.0 Å². The molecule has 0 bridgehead atoms. The third-order valence-corrected chi connectivity index (χ3v) is 7.72. The van der Waals surface area contributed by atoms with E-state index in [1.54, 1.807) is 13.2 Å². The van der Waals surface area contributed by atoms with Crippen molar-refractivity contribution < 1.29 is 14.3 Å². The molecule has 3 aromatic rings. The van der Waals surface area contributed by atoms with E-state index in [4.69, 9.17) is 4.74 Å². The van der Waals surface area contributed by atoms with E-state index in [0.717, 1.165) is 74.6 Å². The molecule has 2 amide bonds. The number of hydrogen-bond acceptors (Lipinski definition) is 5. The van der Waals surface area contributed by atoms with E-state index in [2.05, 4.69) is 26.5 Å². The van der Waals surface area contributed by atoms with Crippen molar-refractivity contribution in [1.82, 2.24) is 5.32 Å². The summed E-state index contributed by atoms with van der Waals surface area (Å²) in [7, 11) is 1.70. The molecule has 1 saturated heterocycles. The number of benzene rings is 3. The van der Waals surface area contributed by atoms with Gasteiger partial charge in [0, 0.05) is 49.7 Å². The molecule has 0 aromatic heterocycles. The van der Waals surface area contributed by atoms with E-state index in [-0.39, 0.29) is 17.9 Å². The Balaban J connectivity index is 1.33. The van der Waals surface area contributed by atoms with E-state index in [9.17, 15) is 9.59 Å². The van der Waals surface area contributed by atoms with Crippen molar-refractivity contribution >= 4 is 35.0 Å². The summed E-state index contributed by atoms with van der Waals surface area (Å²) in [6, 6.07) is 23.6. The Labute approximate surface area is 236 Å². The van der Waals surface area contributed by atoms with Crippen molar-refractivity contribution in [3.63, 3.8) is 0 Å². The Morgan fingerprint density at radius 2 is 1.50 bits per heavy atom. The van der Waals surface area contributed by atoms with Crippen molar-refractivity contribution in [2.75, 3.05) is 48.4 Å². The van der Waals surface area contributed by atoms with E-state index in [1.807, 2.05) is 66.7 Å². The predicted molar refractivity (Wildman–Crippen MR) is 162 cm³/mol. The number of carbonyl (C=O) groups is 2. The van der Waals surface area contributed by atoms with Crippen LogP contribution in [0, 0.1) is 0 Å². The van der Waals surface area contributed by atoms with Gasteiger partial charge in [-0.25, -0.2) is 0 Å². The molecule has 0 spiro atoms. The van der Waals surface area contributed by atoms with Gasteiger partial charge >= 0.3 is 0 Å². The molecule has 2 N–H and O–H groups in total. The van der Waals surface area contributed by atoms with E-state index < -0.39 is 0 Å². The van der Waals surface area contributed by atoms with Crippen molar-refractivity contribution in [1.29, 1.82) is 0 Å². The molecule has 5 rings (SSSR count). The summed E-state index contributed by atoms with van der Waals surface area (Å²) in [6.07, 6.45) is 8.84. The van der Waals surface area contributed by atoms with Crippen molar-refractivity contribution in [3.05, 3.63) is 90.0 Å². The number of rotatable bonds is 8. The van der Waals surface area contributed by atoms with Gasteiger partial charge in [-0.1, -0.05) is 61.7 Å². The van der Waals surface area contributed by atoms with Gasteiger partial charge in [-0.05, 0) is 54.8 Å². The topological polar surface area (TPSA) is 73.9 Å². The van der Waals surface area contributed by atoms with Crippen LogP contribution in [0.15, 0.2) is 78.9 Å². The van der Waals surface area contributed by atoms with E-state index in [1.165, 1.54) is 12.5 Å². The lowest BCUT2D eigenvalue weighted by atomic mass is 9.95. The highest BCUT2D eigenvalue weighted by molar-refractivity contribution is 6.05. The van der Waals surface area contributed by atoms with Gasteiger partial charge in [0.2, 0.25) is 5.91 Å². The molecular weight excluding hydrogens is 500 g/mol. The van der Waals surface area contributed by atoms with Gasteiger partial charge in [0.05, 0.1) is 18.4 Å². The monoisotopic (exact) mass is 538 g/mol. The van der Waals surface area contributed by atoms with Crippen molar-refractivity contribution in [2.24, 2.45) is 0 Å². The van der Waals surface area contributed by atoms with Crippen LogP contribution in [0.3, 0.4) is 0 Å². The van der Waals surface area contributed by atoms with Crippen LogP contribution < -0.4 is 25.2 Å². The molecule has 40 heavy (non-hydrogen) atoms. The Hall–Kier alpha value is -4.26. The number of carbonyl (C=O) groups excluding carboxylic acids is 2. The van der Waals surface area contributed by atoms with Crippen LogP contribution in [0.4, 0.5) is 17.1 Å². The number of anilines is 3. The Kier molecular flexibility index (Phi) is 9.01. The second-order valence-corrected chi connectivity index (χ2v) is 10.4. The molecule has 2 aliphatic rings. The smallest absolute Gasteiger partial charge is 0.253 e. The molecule has 0 atom stereocenters. The highest BCUT2D eigenvalue weighted by atomic mass is 16.5. The van der Waals surface area contributed by atoms with Gasteiger partial charge in [0.15, 0.2) is 0 Å². The van der Waals surface area contributed by atoms with Gasteiger partial charge in [0.1, 0.15) is 5.75 Å². The fourth-order valence-electron chi connectivity index (χ4n) is 5.58. The Morgan fingerprint density at radius 1 is 0.825 bits per heavy atom. The summed E-state index contributed by atoms with van der Waals surface area (Å²) in [5, 5.41) is 6.21. The lowest BCUT2D eigenvalue weighted by Crippen LogP contribution is -2.47. The normalized spacial score (nSPS) is 16.1. The second-order valence-electron chi connectivity index (χ2n) is 10.4. The molecule has 0 radical (unpaired) electrons. The van der Waals surface area contributed by atoms with Crippen LogP contribution in [0.2, 0.25) is 0 Å². The maximum Gasteiger partial charge on any atom is 0.253 e. The summed E-state index contributed by atoms with van der Waals surface area (Å²) >= 11 is 0. The largest absolute Gasteiger partial charge is 0.495 e. The van der Waals surface area contributed by atoms with Gasteiger partial charge in [0.25, 0.3) is 5.91 Å². The van der Waals surface area contributed by atoms with Crippen LogP contribution in [-0.4, -0.2) is 51.1 Å². The molecule has 1 aliphatic heterocycles. The van der Waals surface area contributed by atoms with Crippen LogP contribution in [0.5, 0.6) is 5.75 Å². The highest BCUT2D eigenvalue weighted by Gasteiger charge is 2.25. The average Bonchev–Trinajstić information content (AvgIpc) is 3.01. The average molecular weight is 539 g/mol. The number of nitrogens with zero attached hydrogens (tertiary/aromatic N) is 2. The lowest BCUT2D eigenvalue weighted by molar-refractivity contribution is -0.111. The minimum absolute atomic E-state index is 0.0787. The first kappa shape index (κ1) is 27.3. The number of methoxy groups -OCH3 is 1. The zero-order chi connectivity index (χ0) is 27.7. The maximum atomic E-state index is 13.6. The van der Waals surface area contributed by atoms with Crippen LogP contribution in [0.25, 0.3) is 6.08 Å². The predicted octanol–water partition coefficient (Wildman–Crippen LogP) is 5.74. The molecule has 2 fully saturated rings. The van der Waals surface area contributed by atoms with Crippen molar-refractivity contribution in [3.8, 4) is 5.75 Å². The number of amides is 2. The quantitative estimate of drug-likeness (QED) is 0.358. The molecule has 3 aromatic carbocycles. The summed E-state index contributed by atoms with van der Waals surface area (Å²) in [5.41, 5.74) is 4.13. The molecule has 1 saturated carbocycles. The number of nitrogens with one attached hydrogen (secondary N) is 2. The molecule has 208 valence electrons. The third-order valence-electron chi connectivity index (χ3n) is 7.72. The molecule has 1 heterocycles. The first-order valence-electron chi connectivity index (χ1n) is 14.2. The first-order valence-corrected chi connectivity index (χ1v) is 14.2. The Bertz CT molecular complexity index is 1330. The molecule has 1 aliphatic carbocycles. The Morgan fingerprint density at radius 3 is 2.23 bits per heavy atom. The zero-order valence-corrected chi connectivity index (χ0v) is 23.1. The fraction of sp³-hybridized carbons (Fsp3) is 0.333. The van der Waals surface area contributed by atoms with E-state index >= 15 is 0 Å². The molecular formula is C33H38N4O3. The summed E-state index contributed by atoms with van der Waals surface area (Å²) in [4.78, 5) is 30.9. The minimum Gasteiger partial charge on any atom is -0.495 e. The van der Waals surface area contributed by atoms with Crippen LogP contribution in [-0.2, 0) is 4.79 Å². The van der Waals surface area contributed by atoms with Gasteiger partial charge in [-0.3, -0.25) is 9.59 Å². The number of para-hydroxylation sites is 2. The van der Waals surface area contributed by atoms with Crippen LogP contribution >= 0.6 is 0 Å². The molecule has 7 nitrogen and oxygen atoms in total. The minimum atomic E-state index is -0.235. The summed E-state index contributed by atoms with van der Waals surface area (Å²) < 4.78 is 5.57. The summed E-state index contributed by atoms with van der Waals surface area (Å²) in [5.74, 6) is 0.551. The molecule has 0 unspecified atom stereocenters. The highest BCUT2D eigenvalue weighted by Crippen LogP contribution is 2.31. The third kappa shape index (κ3) is 6.84. The van der Waals surface area contributed by atoms with Crippen molar-refractivity contribution in [2.45, 2.75) is 38.1 Å². The second kappa shape index (κ2) is 13.2. The van der Waals surface area contributed by atoms with E-state index in [0.29, 0.717) is 11.3 Å². The van der Waals surface area contributed by atoms with Gasteiger partial charge < -0.3 is 25.2 Å². The lowest BCUT2D eigenvalue weighted by Gasteiger charge is -2.38. The number of piperazine rings is 1. The van der Waals surface area contributed by atoms with Gasteiger partial charge in [-0.15, -0.1) is 0 Å². The number of ether oxygens (including phenoxy) is 1. The fourth-order valence-corrected chi connectivity index (χ4v) is 5.58. The van der Waals surface area contributed by atoms with Gasteiger partial charge in [-0.2, -0.15) is 0 Å². The maximum absolute atomic E-state index is 13.6. The number of hydrogen-bond donors (Lipinski definition) is 2. The standard InChI is InChI=1S/C33H38N4O3/c1-40-31-15-9-8-14-30(31)37-22-20-36(21-23-37)29-18-17-27(34-32(38)19-16-25-10-4-2-5-11-25)24-28(29)33(39)35-26-12-6-3-7-13-26/h2,4-5,8-11,14-19,24,26H,3,6-7,12-13,20-23H2,1H3,(H,34,38)(H,35,39). The zero-order valence-electron chi connectivity index (χ0n) is 23.1. The molecule has 7 heteroatoms. The SMILES string of the molecule is COc1ccccc1N1CCN(c2ccc(NC(=O)C=Cc3ccccc3)cc2C(=O)NC2CCCCC2)CC1.